The molecule has 3 aromatic rings. The molecule has 0 spiro atoms. The van der Waals surface area contributed by atoms with Crippen LogP contribution in [-0.2, 0) is 11.4 Å². The largest absolute Gasteiger partial charge is 0.598 e. The number of nitrogens with one attached hydrogen (secondary N) is 1. The minimum atomic E-state index is -1.37. The van der Waals surface area contributed by atoms with Crippen LogP contribution in [0.15, 0.2) is 48.5 Å². The second-order valence-corrected chi connectivity index (χ2v) is 10.5. The molecule has 0 aliphatic rings. The minimum Gasteiger partial charge on any atom is -0.598 e. The van der Waals surface area contributed by atoms with Crippen LogP contribution in [-0.4, -0.2) is 35.3 Å². The van der Waals surface area contributed by atoms with Gasteiger partial charge in [-0.25, -0.2) is 0 Å². The van der Waals surface area contributed by atoms with E-state index in [1.165, 1.54) is 0 Å². The number of aryl methyl sites for hydroxylation is 2. The van der Waals surface area contributed by atoms with E-state index in [4.69, 9.17) is 0 Å². The predicted molar refractivity (Wildman–Crippen MR) is 122 cm³/mol. The van der Waals surface area contributed by atoms with Gasteiger partial charge in [0.2, 0.25) is 0 Å². The molecule has 160 valence electrons. The first-order valence-corrected chi connectivity index (χ1v) is 11.2. The molecule has 0 saturated heterocycles. The highest BCUT2D eigenvalue weighted by atomic mass is 32.2. The highest BCUT2D eigenvalue weighted by molar-refractivity contribution is 7.90. The molecule has 3 atom stereocenters. The Morgan fingerprint density at radius 1 is 1.03 bits per heavy atom. The summed E-state index contributed by atoms with van der Waals surface area (Å²) in [5.41, 5.74) is 4.39. The normalized spacial score (nSPS) is 15.1. The summed E-state index contributed by atoms with van der Waals surface area (Å²) in [6, 6.07) is 15.1. The molecular weight excluding hydrogens is 396 g/mol. The van der Waals surface area contributed by atoms with Crippen LogP contribution in [0.3, 0.4) is 0 Å². The van der Waals surface area contributed by atoms with Gasteiger partial charge in [0.25, 0.3) is 0 Å². The topological polar surface area (TPSA) is 86.0 Å². The van der Waals surface area contributed by atoms with Crippen molar-refractivity contribution in [2.75, 3.05) is 0 Å². The number of aliphatic hydroxyl groups excluding tert-OH is 1. The molecule has 3 rings (SSSR count). The van der Waals surface area contributed by atoms with E-state index >= 15 is 0 Å². The molecule has 0 fully saturated rings. The van der Waals surface area contributed by atoms with Gasteiger partial charge in [-0.1, -0.05) is 30.3 Å². The van der Waals surface area contributed by atoms with Gasteiger partial charge >= 0.3 is 0 Å². The van der Waals surface area contributed by atoms with Crippen molar-refractivity contribution in [3.63, 3.8) is 0 Å². The van der Waals surface area contributed by atoms with Crippen LogP contribution in [0.2, 0.25) is 0 Å². The van der Waals surface area contributed by atoms with Crippen LogP contribution >= 0.6 is 0 Å². The summed E-state index contributed by atoms with van der Waals surface area (Å²) in [4.78, 5) is 0. The van der Waals surface area contributed by atoms with E-state index in [-0.39, 0.29) is 0 Å². The lowest BCUT2D eigenvalue weighted by molar-refractivity contribution is 0.156. The Kier molecular flexibility index (Phi) is 6.67. The first-order chi connectivity index (χ1) is 14.1. The lowest BCUT2D eigenvalue weighted by Gasteiger charge is -2.30. The van der Waals surface area contributed by atoms with Gasteiger partial charge in [0.1, 0.15) is 10.8 Å². The Bertz CT molecular complexity index is 977. The number of rotatable bonds is 6. The maximum Gasteiger partial charge on any atom is 0.160 e. The van der Waals surface area contributed by atoms with Gasteiger partial charge in [0.15, 0.2) is 5.82 Å². The number of hydrogen-bond donors (Lipinski definition) is 2. The quantitative estimate of drug-likeness (QED) is 0.581. The van der Waals surface area contributed by atoms with Crippen molar-refractivity contribution in [1.29, 1.82) is 0 Å². The summed E-state index contributed by atoms with van der Waals surface area (Å²) in [6.07, 6.45) is -0.789. The van der Waals surface area contributed by atoms with Crippen molar-refractivity contribution in [3.8, 4) is 17.1 Å². The maximum atomic E-state index is 12.9. The number of aliphatic hydroxyl groups is 1. The Balaban J connectivity index is 2.18. The van der Waals surface area contributed by atoms with Gasteiger partial charge in [0, 0.05) is 33.9 Å². The number of nitrogens with zero attached hydrogens (tertiary/aromatic N) is 3. The molecule has 0 aliphatic heterocycles. The van der Waals surface area contributed by atoms with Crippen LogP contribution in [0, 0.1) is 13.8 Å². The van der Waals surface area contributed by atoms with E-state index in [0.29, 0.717) is 11.5 Å². The van der Waals surface area contributed by atoms with Gasteiger partial charge in [-0.15, -0.1) is 14.9 Å². The smallest absolute Gasteiger partial charge is 0.160 e. The first-order valence-electron chi connectivity index (χ1n) is 10.0. The van der Waals surface area contributed by atoms with Gasteiger partial charge < -0.3 is 14.2 Å². The van der Waals surface area contributed by atoms with E-state index in [1.807, 2.05) is 87.7 Å². The Hall–Kier alpha value is -2.19. The first kappa shape index (κ1) is 22.5. The van der Waals surface area contributed by atoms with Crippen LogP contribution in [0.1, 0.15) is 50.7 Å². The minimum absolute atomic E-state index is 0.475. The lowest BCUT2D eigenvalue weighted by atomic mass is 9.98. The van der Waals surface area contributed by atoms with E-state index in [9.17, 15) is 9.66 Å². The Labute approximate surface area is 181 Å². The third-order valence-electron chi connectivity index (χ3n) is 4.97. The summed E-state index contributed by atoms with van der Waals surface area (Å²) in [7, 11) is 0. The van der Waals surface area contributed by atoms with E-state index < -0.39 is 28.3 Å². The third-order valence-corrected chi connectivity index (χ3v) is 6.55. The molecule has 0 aliphatic carbocycles. The second kappa shape index (κ2) is 8.89. The van der Waals surface area contributed by atoms with E-state index in [2.05, 4.69) is 14.9 Å². The molecule has 2 unspecified atom stereocenters. The van der Waals surface area contributed by atoms with Crippen molar-refractivity contribution in [3.05, 3.63) is 65.5 Å². The molecule has 6 nitrogen and oxygen atoms in total. The summed E-state index contributed by atoms with van der Waals surface area (Å²) in [5, 5.41) is 19.6. The zero-order valence-corrected chi connectivity index (χ0v) is 19.2. The summed E-state index contributed by atoms with van der Waals surface area (Å²) < 4.78 is 17.5. The number of hydrogen-bond acceptors (Lipinski definition) is 5. The standard InChI is InChI=1S/C23H30N4O2S/c1-15-12-13-16(2)27(15)20-14-19(21(17(3)28)26-30(29)23(4,5)6)22(25-24-20)18-10-8-7-9-11-18/h7-14,17,21,26,28H,1-6H3/t17?,21-,30?/m0/s1. The summed E-state index contributed by atoms with van der Waals surface area (Å²) in [6.45, 7) is 11.4. The fraction of sp³-hybridized carbons (Fsp3) is 0.391. The molecule has 0 amide bonds. The van der Waals surface area contributed by atoms with E-state index in [0.717, 1.165) is 22.5 Å². The fourth-order valence-electron chi connectivity index (χ4n) is 3.31. The average Bonchev–Trinajstić information content (AvgIpc) is 3.03. The van der Waals surface area contributed by atoms with Crippen LogP contribution in [0.25, 0.3) is 17.1 Å². The maximum absolute atomic E-state index is 12.9. The van der Waals surface area contributed by atoms with Crippen molar-refractivity contribution in [1.82, 2.24) is 19.5 Å². The summed E-state index contributed by atoms with van der Waals surface area (Å²) >= 11 is -1.37. The van der Waals surface area contributed by atoms with Gasteiger partial charge in [0.05, 0.1) is 11.8 Å². The Morgan fingerprint density at radius 2 is 1.63 bits per heavy atom. The fourth-order valence-corrected chi connectivity index (χ4v) is 4.21. The molecule has 2 N–H and O–H groups in total. The van der Waals surface area contributed by atoms with Gasteiger partial charge in [-0.3, -0.25) is 0 Å². The van der Waals surface area contributed by atoms with Crippen molar-refractivity contribution in [2.24, 2.45) is 0 Å². The van der Waals surface area contributed by atoms with Crippen LogP contribution in [0.5, 0.6) is 0 Å². The number of benzene rings is 1. The van der Waals surface area contributed by atoms with Crippen molar-refractivity contribution >= 4 is 11.4 Å². The molecule has 0 radical (unpaired) electrons. The molecule has 0 saturated carbocycles. The van der Waals surface area contributed by atoms with Crippen molar-refractivity contribution < 1.29 is 9.66 Å². The highest BCUT2D eigenvalue weighted by Crippen LogP contribution is 2.31. The Morgan fingerprint density at radius 3 is 2.17 bits per heavy atom. The molecular formula is C23H30N4O2S. The molecule has 0 bridgehead atoms. The molecule has 1 aromatic carbocycles. The molecule has 2 aromatic heterocycles. The van der Waals surface area contributed by atoms with Crippen molar-refractivity contribution in [2.45, 2.75) is 58.4 Å². The monoisotopic (exact) mass is 426 g/mol. The molecule has 2 heterocycles. The molecule has 30 heavy (non-hydrogen) atoms. The predicted octanol–water partition coefficient (Wildman–Crippen LogP) is 4.02. The zero-order chi connectivity index (χ0) is 22.1. The van der Waals surface area contributed by atoms with Gasteiger partial charge in [-0.2, -0.15) is 0 Å². The SMILES string of the molecule is Cc1ccc(C)n1-c1cc([C@@H](N[S+]([O-])C(C)(C)C)C(C)O)c(-c2ccccc2)nn1. The third kappa shape index (κ3) is 4.75. The lowest BCUT2D eigenvalue weighted by Crippen LogP contribution is -2.44. The zero-order valence-electron chi connectivity index (χ0n) is 18.4. The summed E-state index contributed by atoms with van der Waals surface area (Å²) in [5.74, 6) is 0.665. The second-order valence-electron chi connectivity index (χ2n) is 8.54. The van der Waals surface area contributed by atoms with Crippen LogP contribution < -0.4 is 4.72 Å². The van der Waals surface area contributed by atoms with Crippen LogP contribution in [0.4, 0.5) is 0 Å². The highest BCUT2D eigenvalue weighted by Gasteiger charge is 2.33. The number of aromatic nitrogens is 3. The van der Waals surface area contributed by atoms with E-state index in [1.54, 1.807) is 6.92 Å². The molecule has 7 heteroatoms. The average molecular weight is 427 g/mol. The van der Waals surface area contributed by atoms with Gasteiger partial charge in [-0.05, 0) is 59.7 Å².